The van der Waals surface area contributed by atoms with Crippen molar-refractivity contribution in [1.29, 1.82) is 0 Å². The number of alkyl halides is 3. The summed E-state index contributed by atoms with van der Waals surface area (Å²) in [5.74, 6) is -1.22. The molecule has 2 rings (SSSR count). The average Bonchev–Trinajstić information content (AvgIpc) is 2.45. The predicted molar refractivity (Wildman–Crippen MR) is 72.6 cm³/mol. The summed E-state index contributed by atoms with van der Waals surface area (Å²) >= 11 is 0. The minimum atomic E-state index is -4.10. The van der Waals surface area contributed by atoms with Crippen LogP contribution < -0.4 is 10.2 Å². The lowest BCUT2D eigenvalue weighted by atomic mass is 9.97. The maximum Gasteiger partial charge on any atom is 0.393 e. The fourth-order valence-corrected chi connectivity index (χ4v) is 2.49. The van der Waals surface area contributed by atoms with Crippen LogP contribution in [0, 0.1) is 5.92 Å². The number of aromatic nitrogens is 1. The maximum atomic E-state index is 12.8. The second-order valence-electron chi connectivity index (χ2n) is 5.11. The van der Waals surface area contributed by atoms with Crippen LogP contribution in [0.25, 0.3) is 0 Å². The largest absolute Gasteiger partial charge is 0.393 e. The first-order chi connectivity index (χ1) is 9.50. The fraction of sp³-hybridized carbons (Fsp3) is 0.643. The fourth-order valence-electron chi connectivity index (χ4n) is 2.49. The summed E-state index contributed by atoms with van der Waals surface area (Å²) in [6.07, 6.45) is -1.62. The molecule has 0 spiro atoms. The first-order valence-electron chi connectivity index (χ1n) is 6.98. The Bertz CT molecular complexity index is 434. The lowest BCUT2D eigenvalue weighted by molar-refractivity contribution is -0.175. The molecule has 1 aromatic rings. The van der Waals surface area contributed by atoms with E-state index in [-0.39, 0.29) is 13.0 Å². The Morgan fingerprint density at radius 3 is 2.95 bits per heavy atom. The van der Waals surface area contributed by atoms with Gasteiger partial charge in [0.25, 0.3) is 0 Å². The number of pyridine rings is 1. The van der Waals surface area contributed by atoms with Crippen molar-refractivity contribution in [2.75, 3.05) is 24.5 Å². The molecule has 1 fully saturated rings. The second kappa shape index (κ2) is 6.43. The van der Waals surface area contributed by atoms with Gasteiger partial charge in [0.1, 0.15) is 0 Å². The van der Waals surface area contributed by atoms with Crippen LogP contribution in [0.1, 0.15) is 25.5 Å². The minimum absolute atomic E-state index is 0.0498. The van der Waals surface area contributed by atoms with Gasteiger partial charge in [-0.15, -0.1) is 0 Å². The molecule has 0 aliphatic carbocycles. The molecule has 0 saturated carbocycles. The molecule has 1 saturated heterocycles. The second-order valence-corrected chi connectivity index (χ2v) is 5.11. The van der Waals surface area contributed by atoms with Gasteiger partial charge in [0.15, 0.2) is 0 Å². The molecule has 112 valence electrons. The monoisotopic (exact) mass is 287 g/mol. The molecule has 1 aliphatic rings. The molecule has 20 heavy (non-hydrogen) atoms. The third-order valence-electron chi connectivity index (χ3n) is 3.61. The van der Waals surface area contributed by atoms with Gasteiger partial charge in [0.05, 0.1) is 11.6 Å². The van der Waals surface area contributed by atoms with Gasteiger partial charge in [-0.2, -0.15) is 13.2 Å². The van der Waals surface area contributed by atoms with E-state index in [0.717, 1.165) is 17.9 Å². The molecule has 1 unspecified atom stereocenters. The third-order valence-corrected chi connectivity index (χ3v) is 3.61. The van der Waals surface area contributed by atoms with Crippen molar-refractivity contribution >= 4 is 5.69 Å². The van der Waals surface area contributed by atoms with Crippen LogP contribution in [0.4, 0.5) is 18.9 Å². The smallest absolute Gasteiger partial charge is 0.371 e. The predicted octanol–water partition coefficient (Wildman–Crippen LogP) is 2.97. The van der Waals surface area contributed by atoms with Crippen molar-refractivity contribution in [1.82, 2.24) is 10.3 Å². The number of halogens is 3. The molecular formula is C14H20F3N3. The third kappa shape index (κ3) is 3.85. The minimum Gasteiger partial charge on any atom is -0.371 e. The van der Waals surface area contributed by atoms with E-state index in [1.165, 1.54) is 0 Å². The van der Waals surface area contributed by atoms with Crippen LogP contribution in [0.5, 0.6) is 0 Å². The Labute approximate surface area is 117 Å². The average molecular weight is 287 g/mol. The number of rotatable bonds is 4. The van der Waals surface area contributed by atoms with Crippen LogP contribution in [-0.4, -0.2) is 30.8 Å². The summed E-state index contributed by atoms with van der Waals surface area (Å²) in [4.78, 5) is 6.05. The number of hydrogen-bond donors (Lipinski definition) is 1. The number of nitrogens with zero attached hydrogens (tertiary/aromatic N) is 2. The number of piperidine rings is 1. The van der Waals surface area contributed by atoms with Crippen molar-refractivity contribution in [2.24, 2.45) is 5.92 Å². The van der Waals surface area contributed by atoms with Crippen molar-refractivity contribution < 1.29 is 13.2 Å². The summed E-state index contributed by atoms with van der Waals surface area (Å²) in [7, 11) is 0. The molecule has 1 aliphatic heterocycles. The number of nitrogens with one attached hydrogen (secondary N) is 1. The Hall–Kier alpha value is -1.30. The van der Waals surface area contributed by atoms with E-state index in [0.29, 0.717) is 19.5 Å². The molecule has 1 N–H and O–H groups in total. The molecule has 0 radical (unpaired) electrons. The first-order valence-corrected chi connectivity index (χ1v) is 6.98. The molecular weight excluding hydrogens is 267 g/mol. The van der Waals surface area contributed by atoms with E-state index in [1.54, 1.807) is 12.3 Å². The van der Waals surface area contributed by atoms with E-state index in [4.69, 9.17) is 0 Å². The van der Waals surface area contributed by atoms with Gasteiger partial charge in [-0.3, -0.25) is 4.98 Å². The molecule has 6 heteroatoms. The van der Waals surface area contributed by atoms with Crippen LogP contribution >= 0.6 is 0 Å². The van der Waals surface area contributed by atoms with Crippen molar-refractivity contribution in [3.63, 3.8) is 0 Å². The zero-order valence-electron chi connectivity index (χ0n) is 11.6. The van der Waals surface area contributed by atoms with Crippen molar-refractivity contribution in [2.45, 2.75) is 32.5 Å². The van der Waals surface area contributed by atoms with Crippen molar-refractivity contribution in [3.05, 3.63) is 24.0 Å². The SMILES string of the molecule is CCNCc1cc(N2CCCC(C(F)(F)F)C2)ccn1. The zero-order chi connectivity index (χ0) is 14.6. The van der Waals surface area contributed by atoms with Gasteiger partial charge in [-0.1, -0.05) is 6.92 Å². The van der Waals surface area contributed by atoms with Gasteiger partial charge >= 0.3 is 6.18 Å². The Balaban J connectivity index is 2.07. The van der Waals surface area contributed by atoms with Crippen LogP contribution in [0.3, 0.4) is 0 Å². The van der Waals surface area contributed by atoms with Crippen LogP contribution in [0.15, 0.2) is 18.3 Å². The van der Waals surface area contributed by atoms with E-state index < -0.39 is 12.1 Å². The molecule has 3 nitrogen and oxygen atoms in total. The van der Waals surface area contributed by atoms with E-state index in [1.807, 2.05) is 17.9 Å². The summed E-state index contributed by atoms with van der Waals surface area (Å²) in [5.41, 5.74) is 1.69. The molecule has 1 atom stereocenters. The van der Waals surface area contributed by atoms with E-state index in [2.05, 4.69) is 10.3 Å². The van der Waals surface area contributed by atoms with Gasteiger partial charge in [-0.05, 0) is 31.5 Å². The van der Waals surface area contributed by atoms with Crippen LogP contribution in [0.2, 0.25) is 0 Å². The Morgan fingerprint density at radius 1 is 1.45 bits per heavy atom. The van der Waals surface area contributed by atoms with E-state index >= 15 is 0 Å². The Kier molecular flexibility index (Phi) is 4.86. The molecule has 0 bridgehead atoms. The number of hydrogen-bond acceptors (Lipinski definition) is 3. The lowest BCUT2D eigenvalue weighted by Crippen LogP contribution is -2.41. The van der Waals surface area contributed by atoms with E-state index in [9.17, 15) is 13.2 Å². The summed E-state index contributed by atoms with van der Waals surface area (Å²) in [6, 6.07) is 3.66. The highest BCUT2D eigenvalue weighted by Crippen LogP contribution is 2.34. The maximum absolute atomic E-state index is 12.8. The normalized spacial score (nSPS) is 20.2. The van der Waals surface area contributed by atoms with Gasteiger partial charge in [-0.25, -0.2) is 0 Å². The zero-order valence-corrected chi connectivity index (χ0v) is 11.6. The first kappa shape index (κ1) is 15.1. The highest BCUT2D eigenvalue weighted by molar-refractivity contribution is 5.47. The Morgan fingerprint density at radius 2 is 2.25 bits per heavy atom. The number of anilines is 1. The quantitative estimate of drug-likeness (QED) is 0.923. The lowest BCUT2D eigenvalue weighted by Gasteiger charge is -2.35. The van der Waals surface area contributed by atoms with Gasteiger partial charge in [0.2, 0.25) is 0 Å². The topological polar surface area (TPSA) is 28.2 Å². The highest BCUT2D eigenvalue weighted by Gasteiger charge is 2.41. The molecule has 1 aromatic heterocycles. The summed E-state index contributed by atoms with van der Waals surface area (Å²) in [5, 5.41) is 3.17. The van der Waals surface area contributed by atoms with Gasteiger partial charge in [0, 0.05) is 31.5 Å². The summed E-state index contributed by atoms with van der Waals surface area (Å²) in [6.45, 7) is 4.21. The summed E-state index contributed by atoms with van der Waals surface area (Å²) < 4.78 is 38.5. The highest BCUT2D eigenvalue weighted by atomic mass is 19.4. The van der Waals surface area contributed by atoms with Crippen LogP contribution in [-0.2, 0) is 6.54 Å². The van der Waals surface area contributed by atoms with Crippen molar-refractivity contribution in [3.8, 4) is 0 Å². The molecule has 0 aromatic carbocycles. The van der Waals surface area contributed by atoms with Gasteiger partial charge < -0.3 is 10.2 Å². The molecule has 2 heterocycles. The standard InChI is InChI=1S/C14H20F3N3/c1-2-18-9-12-8-13(5-6-19-12)20-7-3-4-11(10-20)14(15,16)17/h5-6,8,11,18H,2-4,7,9-10H2,1H3. The molecule has 0 amide bonds.